The fraction of sp³-hybridized carbons (Fsp3) is 0.579. The molecule has 128 valence electrons. The Balaban J connectivity index is 1.54. The largest absolute Gasteiger partial charge is 0.439 e. The van der Waals surface area contributed by atoms with Crippen molar-refractivity contribution in [3.63, 3.8) is 0 Å². The third-order valence-electron chi connectivity index (χ3n) is 5.73. The second-order valence-electron chi connectivity index (χ2n) is 7.69. The zero-order chi connectivity index (χ0) is 16.9. The van der Waals surface area contributed by atoms with Gasteiger partial charge in [-0.1, -0.05) is 29.8 Å². The van der Waals surface area contributed by atoms with E-state index in [-0.39, 0.29) is 17.4 Å². The highest BCUT2D eigenvalue weighted by atomic mass is 16.6. The number of carbonyl (C=O) groups is 2. The lowest BCUT2D eigenvalue weighted by molar-refractivity contribution is -0.139. The van der Waals surface area contributed by atoms with Crippen LogP contribution in [0.3, 0.4) is 0 Å². The van der Waals surface area contributed by atoms with Gasteiger partial charge in [0.2, 0.25) is 5.91 Å². The summed E-state index contributed by atoms with van der Waals surface area (Å²) in [6.45, 7) is 3.92. The number of carbonyl (C=O) groups excluding carboxylic acids is 2. The number of aryl methyl sites for hydroxylation is 1. The number of amides is 2. The van der Waals surface area contributed by atoms with Gasteiger partial charge in [-0.15, -0.1) is 0 Å². The van der Waals surface area contributed by atoms with Crippen LogP contribution in [0.25, 0.3) is 0 Å². The van der Waals surface area contributed by atoms with Crippen LogP contribution in [-0.4, -0.2) is 54.1 Å². The van der Waals surface area contributed by atoms with E-state index < -0.39 is 5.60 Å². The standard InChI is InChI=1S/C19H24N2O3/c1-14-4-6-15(7-5-14)19(9-10-19)16(22)21-11-3-8-18(13-21)12-20(2)17(23)24-18/h4-7H,3,8-13H2,1-2H3/t18-/m1/s1. The molecule has 4 rings (SSSR count). The molecule has 0 N–H and O–H groups in total. The number of rotatable bonds is 2. The molecule has 5 heteroatoms. The minimum absolute atomic E-state index is 0.205. The normalized spacial score (nSPS) is 28.2. The van der Waals surface area contributed by atoms with Crippen molar-refractivity contribution in [2.45, 2.75) is 43.6 Å². The van der Waals surface area contributed by atoms with Gasteiger partial charge in [0.15, 0.2) is 0 Å². The first-order valence-corrected chi connectivity index (χ1v) is 8.75. The predicted molar refractivity (Wildman–Crippen MR) is 89.7 cm³/mol. The lowest BCUT2D eigenvalue weighted by atomic mass is 9.89. The number of hydrogen-bond donors (Lipinski definition) is 0. The summed E-state index contributed by atoms with van der Waals surface area (Å²) in [5.74, 6) is 0.205. The topological polar surface area (TPSA) is 49.9 Å². The van der Waals surface area contributed by atoms with Crippen molar-refractivity contribution in [3.05, 3.63) is 35.4 Å². The first-order chi connectivity index (χ1) is 11.4. The number of likely N-dealkylation sites (N-methyl/N-ethyl adjacent to an activating group) is 1. The van der Waals surface area contributed by atoms with Gasteiger partial charge in [-0.05, 0) is 38.2 Å². The van der Waals surface area contributed by atoms with Crippen LogP contribution >= 0.6 is 0 Å². The number of nitrogens with zero attached hydrogens (tertiary/aromatic N) is 2. The number of piperidine rings is 1. The number of benzene rings is 1. The van der Waals surface area contributed by atoms with Crippen LogP contribution in [0, 0.1) is 6.92 Å². The van der Waals surface area contributed by atoms with Crippen molar-refractivity contribution in [1.29, 1.82) is 0 Å². The van der Waals surface area contributed by atoms with Crippen molar-refractivity contribution in [3.8, 4) is 0 Å². The summed E-state index contributed by atoms with van der Waals surface area (Å²) in [4.78, 5) is 28.6. The van der Waals surface area contributed by atoms with E-state index in [1.165, 1.54) is 5.56 Å². The number of hydrogen-bond acceptors (Lipinski definition) is 3. The monoisotopic (exact) mass is 328 g/mol. The SMILES string of the molecule is Cc1ccc(C2(C(=O)N3CCC[C@@]4(CN(C)C(=O)O4)C3)CC2)cc1. The molecule has 2 saturated heterocycles. The van der Waals surface area contributed by atoms with Crippen molar-refractivity contribution >= 4 is 12.0 Å². The molecule has 2 amide bonds. The Morgan fingerprint density at radius 3 is 2.42 bits per heavy atom. The van der Waals surface area contributed by atoms with Crippen LogP contribution in [0.1, 0.15) is 36.8 Å². The average Bonchev–Trinajstić information content (AvgIpc) is 3.31. The summed E-state index contributed by atoms with van der Waals surface area (Å²) in [6.07, 6.45) is 3.28. The molecule has 2 heterocycles. The molecule has 1 spiro atoms. The zero-order valence-electron chi connectivity index (χ0n) is 14.4. The molecule has 5 nitrogen and oxygen atoms in total. The van der Waals surface area contributed by atoms with Gasteiger partial charge < -0.3 is 14.5 Å². The first kappa shape index (κ1) is 15.5. The second-order valence-corrected chi connectivity index (χ2v) is 7.69. The lowest BCUT2D eigenvalue weighted by Gasteiger charge is -2.40. The summed E-state index contributed by atoms with van der Waals surface area (Å²) in [6, 6.07) is 8.33. The van der Waals surface area contributed by atoms with Crippen LogP contribution in [0.2, 0.25) is 0 Å². The maximum absolute atomic E-state index is 13.2. The van der Waals surface area contributed by atoms with Gasteiger partial charge in [-0.25, -0.2) is 4.79 Å². The Morgan fingerprint density at radius 2 is 1.83 bits per heavy atom. The van der Waals surface area contributed by atoms with Gasteiger partial charge >= 0.3 is 6.09 Å². The molecule has 1 aliphatic carbocycles. The summed E-state index contributed by atoms with van der Waals surface area (Å²) >= 11 is 0. The van der Waals surface area contributed by atoms with Crippen molar-refractivity contribution in [1.82, 2.24) is 9.80 Å². The quantitative estimate of drug-likeness (QED) is 0.838. The van der Waals surface area contributed by atoms with Crippen LogP contribution in [0.15, 0.2) is 24.3 Å². The molecule has 2 aliphatic heterocycles. The van der Waals surface area contributed by atoms with Crippen molar-refractivity contribution < 1.29 is 14.3 Å². The molecule has 0 unspecified atom stereocenters. The van der Waals surface area contributed by atoms with Gasteiger partial charge in [0.1, 0.15) is 5.60 Å². The smallest absolute Gasteiger partial charge is 0.410 e. The molecule has 1 aromatic carbocycles. The first-order valence-electron chi connectivity index (χ1n) is 8.75. The van der Waals surface area contributed by atoms with E-state index in [4.69, 9.17) is 4.74 Å². The van der Waals surface area contributed by atoms with E-state index in [1.54, 1.807) is 11.9 Å². The van der Waals surface area contributed by atoms with Crippen molar-refractivity contribution in [2.75, 3.05) is 26.7 Å². The highest BCUT2D eigenvalue weighted by molar-refractivity contribution is 5.91. The molecule has 1 atom stereocenters. The van der Waals surface area contributed by atoms with E-state index in [9.17, 15) is 9.59 Å². The van der Waals surface area contributed by atoms with Crippen LogP contribution in [0.4, 0.5) is 4.79 Å². The molecule has 3 aliphatic rings. The minimum Gasteiger partial charge on any atom is -0.439 e. The van der Waals surface area contributed by atoms with Crippen LogP contribution in [0.5, 0.6) is 0 Å². The van der Waals surface area contributed by atoms with E-state index in [0.29, 0.717) is 13.1 Å². The molecule has 0 bridgehead atoms. The summed E-state index contributed by atoms with van der Waals surface area (Å²) in [5, 5.41) is 0. The summed E-state index contributed by atoms with van der Waals surface area (Å²) < 4.78 is 5.63. The van der Waals surface area contributed by atoms with Gasteiger partial charge in [0.05, 0.1) is 18.5 Å². The fourth-order valence-electron chi connectivity index (χ4n) is 4.20. The Labute approximate surface area is 142 Å². The van der Waals surface area contributed by atoms with Crippen molar-refractivity contribution in [2.24, 2.45) is 0 Å². The van der Waals surface area contributed by atoms with E-state index >= 15 is 0 Å². The van der Waals surface area contributed by atoms with E-state index in [1.807, 2.05) is 4.90 Å². The Bertz CT molecular complexity index is 680. The Morgan fingerprint density at radius 1 is 1.12 bits per heavy atom. The maximum atomic E-state index is 13.2. The van der Waals surface area contributed by atoms with E-state index in [0.717, 1.165) is 37.8 Å². The maximum Gasteiger partial charge on any atom is 0.410 e. The molecule has 0 radical (unpaired) electrons. The highest BCUT2D eigenvalue weighted by Crippen LogP contribution is 2.50. The fourth-order valence-corrected chi connectivity index (χ4v) is 4.20. The third-order valence-corrected chi connectivity index (χ3v) is 5.73. The molecule has 24 heavy (non-hydrogen) atoms. The zero-order valence-corrected chi connectivity index (χ0v) is 14.4. The molecule has 1 saturated carbocycles. The second kappa shape index (κ2) is 5.23. The van der Waals surface area contributed by atoms with Gasteiger partial charge in [0.25, 0.3) is 0 Å². The molecule has 1 aromatic rings. The number of likely N-dealkylation sites (tertiary alicyclic amines) is 1. The minimum atomic E-state index is -0.511. The third kappa shape index (κ3) is 2.38. The lowest BCUT2D eigenvalue weighted by Crippen LogP contribution is -2.54. The van der Waals surface area contributed by atoms with E-state index in [2.05, 4.69) is 31.2 Å². The number of ether oxygens (including phenoxy) is 1. The van der Waals surface area contributed by atoms with Gasteiger partial charge in [-0.3, -0.25) is 4.79 Å². The van der Waals surface area contributed by atoms with Crippen LogP contribution in [-0.2, 0) is 14.9 Å². The van der Waals surface area contributed by atoms with Crippen LogP contribution < -0.4 is 0 Å². The summed E-state index contributed by atoms with van der Waals surface area (Å²) in [7, 11) is 1.76. The van der Waals surface area contributed by atoms with Gasteiger partial charge in [-0.2, -0.15) is 0 Å². The molecule has 3 fully saturated rings. The van der Waals surface area contributed by atoms with Gasteiger partial charge in [0, 0.05) is 13.6 Å². The highest BCUT2D eigenvalue weighted by Gasteiger charge is 2.55. The Kier molecular flexibility index (Phi) is 3.37. The summed E-state index contributed by atoms with van der Waals surface area (Å²) in [5.41, 5.74) is 1.47. The molecular weight excluding hydrogens is 304 g/mol. The average molecular weight is 328 g/mol. The predicted octanol–water partition coefficient (Wildman–Crippen LogP) is 2.47. The Hall–Kier alpha value is -2.04. The molecule has 0 aromatic heterocycles. The molecular formula is C19H24N2O3.